The molecule has 0 atom stereocenters. The molecule has 4 nitrogen and oxygen atoms in total. The number of fused-ring (bicyclic) bond motifs is 1. The molecule has 0 unspecified atom stereocenters. The molecule has 0 aliphatic heterocycles. The van der Waals surface area contributed by atoms with E-state index < -0.39 is 6.61 Å². The Bertz CT molecular complexity index is 997. The topological polar surface area (TPSA) is 42.7 Å². The summed E-state index contributed by atoms with van der Waals surface area (Å²) in [6.45, 7) is 2.33. The number of aryl methyl sites for hydroxylation is 2. The van der Waals surface area contributed by atoms with Crippen molar-refractivity contribution in [1.29, 1.82) is 0 Å². The zero-order valence-corrected chi connectivity index (χ0v) is 15.5. The van der Waals surface area contributed by atoms with Gasteiger partial charge in [-0.2, -0.15) is 8.78 Å². The highest BCUT2D eigenvalue weighted by Gasteiger charge is 2.11. The van der Waals surface area contributed by atoms with E-state index in [1.54, 1.807) is 12.1 Å². The van der Waals surface area contributed by atoms with Crippen molar-refractivity contribution in [2.75, 3.05) is 7.05 Å². The largest absolute Gasteiger partial charge is 0.435 e. The van der Waals surface area contributed by atoms with E-state index in [1.807, 2.05) is 37.9 Å². The summed E-state index contributed by atoms with van der Waals surface area (Å²) < 4.78 is 34.1. The first-order valence-corrected chi connectivity index (χ1v) is 8.58. The monoisotopic (exact) mass is 373 g/mol. The Morgan fingerprint density at radius 2 is 1.70 bits per heavy atom. The Balaban J connectivity index is 1.78. The van der Waals surface area contributed by atoms with Crippen LogP contribution in [0.1, 0.15) is 22.3 Å². The Hall–Kier alpha value is -2.73. The second kappa shape index (κ2) is 7.88. The lowest BCUT2D eigenvalue weighted by molar-refractivity contribution is -0.0498. The average molecular weight is 373 g/mol. The Morgan fingerprint density at radius 3 is 2.37 bits per heavy atom. The van der Waals surface area contributed by atoms with Crippen LogP contribution < -0.4 is 10.4 Å². The van der Waals surface area contributed by atoms with Gasteiger partial charge >= 0.3 is 12.2 Å². The van der Waals surface area contributed by atoms with Gasteiger partial charge < -0.3 is 9.15 Å². The predicted molar refractivity (Wildman–Crippen MR) is 100 cm³/mol. The Kier molecular flexibility index (Phi) is 5.56. The van der Waals surface area contributed by atoms with E-state index in [-0.39, 0.29) is 11.4 Å². The molecule has 0 aliphatic rings. The maximum atomic E-state index is 12.2. The van der Waals surface area contributed by atoms with Gasteiger partial charge in [0.1, 0.15) is 11.3 Å². The lowest BCUT2D eigenvalue weighted by Gasteiger charge is -2.18. The van der Waals surface area contributed by atoms with Gasteiger partial charge in [0.2, 0.25) is 0 Å². The summed E-state index contributed by atoms with van der Waals surface area (Å²) in [5, 5.41) is 0.922. The zero-order chi connectivity index (χ0) is 19.6. The normalized spacial score (nSPS) is 11.5. The van der Waals surface area contributed by atoms with Crippen LogP contribution in [-0.2, 0) is 13.1 Å². The average Bonchev–Trinajstić information content (AvgIpc) is 2.58. The molecule has 6 heteroatoms. The molecule has 0 spiro atoms. The highest BCUT2D eigenvalue weighted by Crippen LogP contribution is 2.23. The molecule has 1 aromatic heterocycles. The standard InChI is InChI=1S/C21H21F2NO3/c1-13-8-18-16(10-20(25)27-19(18)9-14(13)2)12-24(3)11-15-4-6-17(7-5-15)26-21(22)23/h4-10,21H,11-12H2,1-3H3. The summed E-state index contributed by atoms with van der Waals surface area (Å²) in [5.41, 5.74) is 4.27. The van der Waals surface area contributed by atoms with Crippen LogP contribution in [0.2, 0.25) is 0 Å². The second-order valence-electron chi connectivity index (χ2n) is 6.72. The molecule has 142 valence electrons. The van der Waals surface area contributed by atoms with Gasteiger partial charge in [-0.15, -0.1) is 0 Å². The molecular formula is C21H21F2NO3. The minimum absolute atomic E-state index is 0.133. The molecule has 0 radical (unpaired) electrons. The molecule has 1 heterocycles. The number of alkyl halides is 2. The highest BCUT2D eigenvalue weighted by atomic mass is 19.3. The first-order valence-electron chi connectivity index (χ1n) is 8.58. The third-order valence-corrected chi connectivity index (χ3v) is 4.49. The van der Waals surface area contributed by atoms with Gasteiger partial charge in [0.25, 0.3) is 0 Å². The first kappa shape index (κ1) is 19.0. The van der Waals surface area contributed by atoms with Crippen molar-refractivity contribution >= 4 is 11.0 Å². The molecule has 0 fully saturated rings. The maximum absolute atomic E-state index is 12.2. The van der Waals surface area contributed by atoms with E-state index in [1.165, 1.54) is 18.2 Å². The number of hydrogen-bond acceptors (Lipinski definition) is 4. The van der Waals surface area contributed by atoms with Crippen LogP contribution >= 0.6 is 0 Å². The predicted octanol–water partition coefficient (Wildman–Crippen LogP) is 4.64. The molecule has 27 heavy (non-hydrogen) atoms. The van der Waals surface area contributed by atoms with Gasteiger partial charge in [-0.3, -0.25) is 4.90 Å². The molecular weight excluding hydrogens is 352 g/mol. The van der Waals surface area contributed by atoms with Gasteiger partial charge in [0.15, 0.2) is 0 Å². The molecule has 0 saturated carbocycles. The number of nitrogens with zero attached hydrogens (tertiary/aromatic N) is 1. The van der Waals surface area contributed by atoms with Crippen molar-refractivity contribution in [3.63, 3.8) is 0 Å². The SMILES string of the molecule is Cc1cc2oc(=O)cc(CN(C)Cc3ccc(OC(F)F)cc3)c2cc1C. The molecule has 0 N–H and O–H groups in total. The number of halogens is 2. The molecule has 0 amide bonds. The van der Waals surface area contributed by atoms with E-state index >= 15 is 0 Å². The van der Waals surface area contributed by atoms with E-state index in [0.29, 0.717) is 18.7 Å². The van der Waals surface area contributed by atoms with Crippen LogP contribution in [0.15, 0.2) is 51.7 Å². The third kappa shape index (κ3) is 4.71. The van der Waals surface area contributed by atoms with Crippen molar-refractivity contribution in [3.8, 4) is 5.75 Å². The van der Waals surface area contributed by atoms with E-state index in [0.717, 1.165) is 27.6 Å². The fourth-order valence-electron chi connectivity index (χ4n) is 3.05. The minimum Gasteiger partial charge on any atom is -0.435 e. The summed E-state index contributed by atoms with van der Waals surface area (Å²) in [5.74, 6) is 0.133. The van der Waals surface area contributed by atoms with Crippen molar-refractivity contribution in [2.45, 2.75) is 33.5 Å². The number of hydrogen-bond donors (Lipinski definition) is 0. The van der Waals surface area contributed by atoms with Crippen molar-refractivity contribution in [3.05, 3.63) is 75.1 Å². The first-order chi connectivity index (χ1) is 12.8. The Morgan fingerprint density at radius 1 is 1.04 bits per heavy atom. The molecule has 3 rings (SSSR count). The van der Waals surface area contributed by atoms with E-state index in [4.69, 9.17) is 4.42 Å². The van der Waals surface area contributed by atoms with Gasteiger partial charge in [-0.1, -0.05) is 12.1 Å². The Labute approximate surface area is 156 Å². The van der Waals surface area contributed by atoms with Gasteiger partial charge in [-0.05, 0) is 67.4 Å². The van der Waals surface area contributed by atoms with Crippen LogP contribution in [0.5, 0.6) is 5.75 Å². The number of ether oxygens (including phenoxy) is 1. The number of rotatable bonds is 6. The van der Waals surface area contributed by atoms with E-state index in [2.05, 4.69) is 4.74 Å². The lowest BCUT2D eigenvalue weighted by atomic mass is 10.0. The van der Waals surface area contributed by atoms with Crippen LogP contribution in [0.25, 0.3) is 11.0 Å². The molecule has 0 bridgehead atoms. The van der Waals surface area contributed by atoms with Gasteiger partial charge in [-0.25, -0.2) is 4.79 Å². The van der Waals surface area contributed by atoms with Gasteiger partial charge in [0.05, 0.1) is 0 Å². The van der Waals surface area contributed by atoms with Gasteiger partial charge in [0, 0.05) is 24.5 Å². The maximum Gasteiger partial charge on any atom is 0.387 e. The fraction of sp³-hybridized carbons (Fsp3) is 0.286. The van der Waals surface area contributed by atoms with Crippen LogP contribution in [0.3, 0.4) is 0 Å². The van der Waals surface area contributed by atoms with Crippen molar-refractivity contribution < 1.29 is 17.9 Å². The third-order valence-electron chi connectivity index (χ3n) is 4.49. The summed E-state index contributed by atoms with van der Waals surface area (Å²) in [7, 11) is 1.94. The molecule has 3 aromatic rings. The minimum atomic E-state index is -2.83. The highest BCUT2D eigenvalue weighted by molar-refractivity contribution is 5.81. The van der Waals surface area contributed by atoms with Crippen molar-refractivity contribution in [2.24, 2.45) is 0 Å². The molecule has 0 aliphatic carbocycles. The number of benzene rings is 2. The summed E-state index contributed by atoms with van der Waals surface area (Å²) >= 11 is 0. The van der Waals surface area contributed by atoms with Crippen LogP contribution in [0, 0.1) is 13.8 Å². The molecule has 0 saturated heterocycles. The summed E-state index contributed by atoms with van der Waals surface area (Å²) in [6.07, 6.45) is 0. The van der Waals surface area contributed by atoms with Crippen LogP contribution in [0.4, 0.5) is 8.78 Å². The molecule has 2 aromatic carbocycles. The smallest absolute Gasteiger partial charge is 0.387 e. The second-order valence-corrected chi connectivity index (χ2v) is 6.72. The summed E-state index contributed by atoms with van der Waals surface area (Å²) in [6, 6.07) is 12.0. The fourth-order valence-corrected chi connectivity index (χ4v) is 3.05. The van der Waals surface area contributed by atoms with E-state index in [9.17, 15) is 13.6 Å². The van der Waals surface area contributed by atoms with Crippen molar-refractivity contribution in [1.82, 2.24) is 4.90 Å². The zero-order valence-electron chi connectivity index (χ0n) is 15.5. The quantitative estimate of drug-likeness (QED) is 0.590. The van der Waals surface area contributed by atoms with Crippen LogP contribution in [-0.4, -0.2) is 18.6 Å². The summed E-state index contributed by atoms with van der Waals surface area (Å²) in [4.78, 5) is 14.0. The lowest BCUT2D eigenvalue weighted by Crippen LogP contribution is -2.18.